The Bertz CT molecular complexity index is 757. The van der Waals surface area contributed by atoms with E-state index in [1.165, 1.54) is 0 Å². The molecule has 3 rings (SSSR count). The molecule has 1 aliphatic carbocycles. The predicted molar refractivity (Wildman–Crippen MR) is 94.3 cm³/mol. The van der Waals surface area contributed by atoms with Crippen LogP contribution in [0.15, 0.2) is 36.5 Å². The Balaban J connectivity index is 1.60. The number of hydrogen-bond acceptors (Lipinski definition) is 5. The van der Waals surface area contributed by atoms with Crippen LogP contribution >= 0.6 is 0 Å². The molecule has 1 amide bonds. The third-order valence-electron chi connectivity index (χ3n) is 4.35. The van der Waals surface area contributed by atoms with Gasteiger partial charge in [-0.15, -0.1) is 0 Å². The molecular formula is C19H23N3O4. The number of carbonyl (C=O) groups is 2. The minimum Gasteiger partial charge on any atom is -0.465 e. The van der Waals surface area contributed by atoms with E-state index in [0.29, 0.717) is 6.61 Å². The standard InChI is InChI=1S/C19H23N3O4/c1-2-25-18(23)12-22-17-10-6-9-16(15(17)11-20-22)21-19(24)26-13-14-7-4-3-5-8-14/h3-5,7-8,11,16H,2,6,9-10,12-13H2,1H3,(H,21,24)/t16-/m0/s1. The van der Waals surface area contributed by atoms with Gasteiger partial charge in [0.1, 0.15) is 13.2 Å². The average molecular weight is 357 g/mol. The van der Waals surface area contributed by atoms with Crippen LogP contribution in [0.1, 0.15) is 42.6 Å². The lowest BCUT2D eigenvalue weighted by molar-refractivity contribution is -0.144. The van der Waals surface area contributed by atoms with E-state index >= 15 is 0 Å². The maximum atomic E-state index is 12.1. The first-order valence-electron chi connectivity index (χ1n) is 8.84. The molecule has 0 saturated heterocycles. The average Bonchev–Trinajstić information content (AvgIpc) is 3.05. The molecule has 1 heterocycles. The van der Waals surface area contributed by atoms with Crippen LogP contribution in [0.2, 0.25) is 0 Å². The number of nitrogens with one attached hydrogen (secondary N) is 1. The van der Waals surface area contributed by atoms with Gasteiger partial charge < -0.3 is 14.8 Å². The molecule has 7 heteroatoms. The van der Waals surface area contributed by atoms with Gasteiger partial charge in [0.15, 0.2) is 0 Å². The Labute approximate surface area is 152 Å². The number of esters is 1. The number of ether oxygens (including phenoxy) is 2. The van der Waals surface area contributed by atoms with E-state index in [1.54, 1.807) is 17.8 Å². The molecule has 0 saturated carbocycles. The smallest absolute Gasteiger partial charge is 0.407 e. The number of alkyl carbamates (subject to hydrolysis) is 1. The van der Waals surface area contributed by atoms with Crippen LogP contribution < -0.4 is 5.32 Å². The van der Waals surface area contributed by atoms with Crippen molar-refractivity contribution in [1.82, 2.24) is 15.1 Å². The number of fused-ring (bicyclic) bond motifs is 1. The highest BCUT2D eigenvalue weighted by Crippen LogP contribution is 2.29. The van der Waals surface area contributed by atoms with E-state index in [-0.39, 0.29) is 25.2 Å². The highest BCUT2D eigenvalue weighted by atomic mass is 16.5. The molecule has 0 bridgehead atoms. The van der Waals surface area contributed by atoms with E-state index < -0.39 is 6.09 Å². The summed E-state index contributed by atoms with van der Waals surface area (Å²) in [6.45, 7) is 2.44. The molecule has 0 unspecified atom stereocenters. The Morgan fingerprint density at radius 2 is 2.08 bits per heavy atom. The van der Waals surface area contributed by atoms with Crippen molar-refractivity contribution in [3.8, 4) is 0 Å². The Hall–Kier alpha value is -2.83. The van der Waals surface area contributed by atoms with Crippen molar-refractivity contribution in [2.24, 2.45) is 0 Å². The first-order chi connectivity index (χ1) is 12.7. The van der Waals surface area contributed by atoms with E-state index in [4.69, 9.17) is 9.47 Å². The lowest BCUT2D eigenvalue weighted by atomic mass is 9.93. The van der Waals surface area contributed by atoms with Crippen molar-refractivity contribution in [2.75, 3.05) is 6.61 Å². The van der Waals surface area contributed by atoms with Gasteiger partial charge in [-0.05, 0) is 31.7 Å². The van der Waals surface area contributed by atoms with Crippen LogP contribution in [0.4, 0.5) is 4.79 Å². The molecule has 26 heavy (non-hydrogen) atoms. The fourth-order valence-corrected chi connectivity index (χ4v) is 3.14. The Kier molecular flexibility index (Phi) is 5.88. The van der Waals surface area contributed by atoms with E-state index in [0.717, 1.165) is 36.1 Å². The molecule has 1 aromatic carbocycles. The Morgan fingerprint density at radius 3 is 2.85 bits per heavy atom. The summed E-state index contributed by atoms with van der Waals surface area (Å²) in [4.78, 5) is 23.8. The molecule has 0 aliphatic heterocycles. The third kappa shape index (κ3) is 4.41. The van der Waals surface area contributed by atoms with Crippen molar-refractivity contribution < 1.29 is 19.1 Å². The fourth-order valence-electron chi connectivity index (χ4n) is 3.14. The number of hydrogen-bond donors (Lipinski definition) is 1. The molecule has 1 aliphatic rings. The molecule has 7 nitrogen and oxygen atoms in total. The number of nitrogens with zero attached hydrogens (tertiary/aromatic N) is 2. The van der Waals surface area contributed by atoms with Crippen molar-refractivity contribution in [3.05, 3.63) is 53.3 Å². The van der Waals surface area contributed by atoms with E-state index in [9.17, 15) is 9.59 Å². The minimum atomic E-state index is -0.454. The first-order valence-corrected chi connectivity index (χ1v) is 8.84. The lowest BCUT2D eigenvalue weighted by Crippen LogP contribution is -2.31. The molecule has 138 valence electrons. The number of carbonyl (C=O) groups excluding carboxylic acids is 2. The summed E-state index contributed by atoms with van der Waals surface area (Å²) in [5.74, 6) is -0.309. The zero-order chi connectivity index (χ0) is 18.4. The second-order valence-electron chi connectivity index (χ2n) is 6.16. The van der Waals surface area contributed by atoms with Gasteiger partial charge in [-0.1, -0.05) is 30.3 Å². The molecule has 2 aromatic rings. The normalized spacial score (nSPS) is 15.8. The number of aromatic nitrogens is 2. The van der Waals surface area contributed by atoms with E-state index in [2.05, 4.69) is 10.4 Å². The van der Waals surface area contributed by atoms with Gasteiger partial charge in [0.25, 0.3) is 0 Å². The first kappa shape index (κ1) is 18.0. The van der Waals surface area contributed by atoms with Crippen LogP contribution in [-0.4, -0.2) is 28.4 Å². The van der Waals surface area contributed by atoms with Gasteiger partial charge in [0.05, 0.1) is 18.8 Å². The summed E-state index contributed by atoms with van der Waals surface area (Å²) in [5, 5.41) is 7.20. The van der Waals surface area contributed by atoms with Crippen molar-refractivity contribution >= 4 is 12.1 Å². The predicted octanol–water partition coefficient (Wildman–Crippen LogP) is 2.75. The zero-order valence-corrected chi connectivity index (χ0v) is 14.8. The van der Waals surface area contributed by atoms with Gasteiger partial charge in [-0.2, -0.15) is 5.10 Å². The molecule has 0 spiro atoms. The van der Waals surface area contributed by atoms with Gasteiger partial charge in [0.2, 0.25) is 0 Å². The van der Waals surface area contributed by atoms with Gasteiger partial charge >= 0.3 is 12.1 Å². The molecule has 0 radical (unpaired) electrons. The second-order valence-corrected chi connectivity index (χ2v) is 6.16. The largest absolute Gasteiger partial charge is 0.465 e. The van der Waals surface area contributed by atoms with Gasteiger partial charge in [-0.3, -0.25) is 9.48 Å². The number of benzene rings is 1. The topological polar surface area (TPSA) is 82.5 Å². The zero-order valence-electron chi connectivity index (χ0n) is 14.8. The quantitative estimate of drug-likeness (QED) is 0.804. The molecule has 1 N–H and O–H groups in total. The fraction of sp³-hybridized carbons (Fsp3) is 0.421. The summed E-state index contributed by atoms with van der Waals surface area (Å²) in [7, 11) is 0. The van der Waals surface area contributed by atoms with Crippen molar-refractivity contribution in [3.63, 3.8) is 0 Å². The van der Waals surface area contributed by atoms with Crippen LogP contribution in [0.25, 0.3) is 0 Å². The summed E-state index contributed by atoms with van der Waals surface area (Å²) in [6, 6.07) is 9.39. The maximum absolute atomic E-state index is 12.1. The Morgan fingerprint density at radius 1 is 1.27 bits per heavy atom. The molecule has 0 fully saturated rings. The molecule has 1 aromatic heterocycles. The monoisotopic (exact) mass is 357 g/mol. The number of rotatable bonds is 6. The lowest BCUT2D eigenvalue weighted by Gasteiger charge is -2.23. The SMILES string of the molecule is CCOC(=O)Cn1ncc2c1CCC[C@@H]2NC(=O)OCc1ccccc1. The second kappa shape index (κ2) is 8.51. The summed E-state index contributed by atoms with van der Waals surface area (Å²) in [5.41, 5.74) is 2.85. The highest BCUT2D eigenvalue weighted by Gasteiger charge is 2.26. The van der Waals surface area contributed by atoms with Gasteiger partial charge in [-0.25, -0.2) is 4.79 Å². The van der Waals surface area contributed by atoms with Crippen LogP contribution in [0.3, 0.4) is 0 Å². The summed E-state index contributed by atoms with van der Waals surface area (Å²) in [6.07, 6.45) is 3.82. The minimum absolute atomic E-state index is 0.0916. The highest BCUT2D eigenvalue weighted by molar-refractivity contribution is 5.69. The summed E-state index contributed by atoms with van der Waals surface area (Å²) >= 11 is 0. The molecular weight excluding hydrogens is 334 g/mol. The number of amides is 1. The van der Waals surface area contributed by atoms with Crippen LogP contribution in [-0.2, 0) is 33.8 Å². The van der Waals surface area contributed by atoms with Crippen LogP contribution in [0, 0.1) is 0 Å². The van der Waals surface area contributed by atoms with E-state index in [1.807, 2.05) is 30.3 Å². The maximum Gasteiger partial charge on any atom is 0.407 e. The summed E-state index contributed by atoms with van der Waals surface area (Å²) < 4.78 is 11.9. The van der Waals surface area contributed by atoms with Crippen molar-refractivity contribution in [1.29, 1.82) is 0 Å². The molecule has 1 atom stereocenters. The van der Waals surface area contributed by atoms with Crippen molar-refractivity contribution in [2.45, 2.75) is 45.4 Å². The third-order valence-corrected chi connectivity index (χ3v) is 4.35. The van der Waals surface area contributed by atoms with Crippen LogP contribution in [0.5, 0.6) is 0 Å². The van der Waals surface area contributed by atoms with Gasteiger partial charge in [0, 0.05) is 11.3 Å².